The van der Waals surface area contributed by atoms with Crippen LogP contribution in [0.4, 0.5) is 0 Å². The summed E-state index contributed by atoms with van der Waals surface area (Å²) in [7, 11) is 1.08. The number of phosphoric acid groups is 1. The monoisotopic (exact) mass is 818 g/mol. The summed E-state index contributed by atoms with van der Waals surface area (Å²) in [5.74, 6) is -0.965. The fourth-order valence-electron chi connectivity index (χ4n) is 5.38. The average molecular weight is 818 g/mol. The number of unbranched alkanes of at least 4 members (excludes halogenated alkanes) is 5. The smallest absolute Gasteiger partial charge is 0.306 e. The van der Waals surface area contributed by atoms with Crippen molar-refractivity contribution in [2.24, 2.45) is 0 Å². The van der Waals surface area contributed by atoms with Crippen LogP contribution in [-0.2, 0) is 37.4 Å². The first-order chi connectivity index (χ1) is 27.5. The Morgan fingerprint density at radius 3 is 1.82 bits per heavy atom. The second kappa shape index (κ2) is 34.1. The number of phosphoric ester groups is 1. The molecular formula is C46H76NO9P. The lowest BCUT2D eigenvalue weighted by molar-refractivity contribution is -0.870. The number of quaternary nitrogens is 1. The number of ether oxygens (including phenoxy) is 3. The lowest BCUT2D eigenvalue weighted by Gasteiger charge is -2.28. The number of hydrogen-bond donors (Lipinski definition) is 0. The zero-order valence-electron chi connectivity index (χ0n) is 35.9. The molecule has 1 fully saturated rings. The van der Waals surface area contributed by atoms with E-state index >= 15 is 0 Å². The molecule has 0 amide bonds. The number of nitrogens with zero attached hydrogens (tertiary/aromatic N) is 1. The van der Waals surface area contributed by atoms with Crippen LogP contribution in [0.3, 0.4) is 0 Å². The van der Waals surface area contributed by atoms with E-state index in [1.165, 1.54) is 25.7 Å². The van der Waals surface area contributed by atoms with Crippen LogP contribution in [0.15, 0.2) is 85.1 Å². The van der Waals surface area contributed by atoms with Crippen molar-refractivity contribution in [3.63, 3.8) is 0 Å². The van der Waals surface area contributed by atoms with E-state index in [2.05, 4.69) is 92.8 Å². The molecule has 4 atom stereocenters. The third kappa shape index (κ3) is 34.9. The van der Waals surface area contributed by atoms with Gasteiger partial charge in [0.1, 0.15) is 19.8 Å². The second-order valence-corrected chi connectivity index (χ2v) is 16.8. The highest BCUT2D eigenvalue weighted by molar-refractivity contribution is 7.45. The third-order valence-corrected chi connectivity index (χ3v) is 9.79. The molecule has 0 saturated carbocycles. The third-order valence-electron chi connectivity index (χ3n) is 8.82. The molecule has 57 heavy (non-hydrogen) atoms. The van der Waals surface area contributed by atoms with Gasteiger partial charge in [0.15, 0.2) is 6.10 Å². The number of carbonyl (C=O) groups is 2. The summed E-state index contributed by atoms with van der Waals surface area (Å²) in [5.41, 5.74) is 0. The van der Waals surface area contributed by atoms with E-state index < -0.39 is 32.5 Å². The lowest BCUT2D eigenvalue weighted by atomic mass is 10.1. The summed E-state index contributed by atoms with van der Waals surface area (Å²) >= 11 is 0. The van der Waals surface area contributed by atoms with E-state index in [9.17, 15) is 19.0 Å². The summed E-state index contributed by atoms with van der Waals surface area (Å²) in [6.07, 6.45) is 45.1. The number of likely N-dealkylation sites (N-methyl/N-ethyl adjacent to an activating group) is 1. The Balaban J connectivity index is 2.37. The molecule has 1 aliphatic rings. The summed E-state index contributed by atoms with van der Waals surface area (Å²) in [4.78, 5) is 37.5. The molecule has 1 saturated heterocycles. The van der Waals surface area contributed by atoms with Gasteiger partial charge in [-0.25, -0.2) is 0 Å². The minimum absolute atomic E-state index is 0.0547. The zero-order chi connectivity index (χ0) is 41.9. The van der Waals surface area contributed by atoms with Crippen LogP contribution < -0.4 is 4.89 Å². The zero-order valence-corrected chi connectivity index (χ0v) is 36.8. The summed E-state index contributed by atoms with van der Waals surface area (Å²) in [6, 6.07) is 0. The van der Waals surface area contributed by atoms with Crippen molar-refractivity contribution in [2.45, 2.75) is 148 Å². The predicted octanol–water partition coefficient (Wildman–Crippen LogP) is 10.4. The van der Waals surface area contributed by atoms with Crippen molar-refractivity contribution in [1.82, 2.24) is 0 Å². The van der Waals surface area contributed by atoms with Gasteiger partial charge in [-0.15, -0.1) is 0 Å². The van der Waals surface area contributed by atoms with Gasteiger partial charge in [-0.05, 0) is 83.5 Å². The minimum atomic E-state index is -4.66. The van der Waals surface area contributed by atoms with Gasteiger partial charge in [-0.2, -0.15) is 0 Å². The Bertz CT molecular complexity index is 1310. The maximum atomic E-state index is 12.7. The molecule has 11 heteroatoms. The van der Waals surface area contributed by atoms with Crippen molar-refractivity contribution in [3.05, 3.63) is 85.1 Å². The van der Waals surface area contributed by atoms with Crippen molar-refractivity contribution in [3.8, 4) is 0 Å². The number of esters is 2. The van der Waals surface area contributed by atoms with Gasteiger partial charge in [0, 0.05) is 12.8 Å². The largest absolute Gasteiger partial charge is 0.756 e. The van der Waals surface area contributed by atoms with E-state index in [0.717, 1.165) is 57.8 Å². The molecule has 0 aromatic carbocycles. The minimum Gasteiger partial charge on any atom is -0.756 e. The van der Waals surface area contributed by atoms with E-state index in [4.69, 9.17) is 23.3 Å². The number of allylic oxidation sites excluding steroid dienone is 13. The normalized spacial score (nSPS) is 18.0. The fraction of sp³-hybridized carbons (Fsp3) is 0.652. The molecule has 1 aliphatic heterocycles. The van der Waals surface area contributed by atoms with E-state index in [-0.39, 0.29) is 26.1 Å². The SMILES string of the molecule is CC/C=C\C/C=C\C/C=C\C/C=C\CCCCC(=O)OC[C@H](COP(=O)([O-])OCC[N+](C)(C)C)OC(=O)CCC/C=C\C/C=C\C/C=C\CC1OC1CCCCC. The molecule has 0 N–H and O–H groups in total. The predicted molar refractivity (Wildman–Crippen MR) is 230 cm³/mol. The molecular weight excluding hydrogens is 741 g/mol. The first kappa shape index (κ1) is 52.2. The molecule has 0 aromatic heterocycles. The number of rotatable bonds is 36. The number of carbonyl (C=O) groups excluding carboxylic acids is 2. The van der Waals surface area contributed by atoms with Crippen LogP contribution in [0.1, 0.15) is 129 Å². The Labute approximate surface area is 346 Å². The fourth-order valence-corrected chi connectivity index (χ4v) is 6.11. The van der Waals surface area contributed by atoms with Crippen molar-refractivity contribution >= 4 is 19.8 Å². The van der Waals surface area contributed by atoms with E-state index in [1.54, 1.807) is 0 Å². The molecule has 0 spiro atoms. The molecule has 1 heterocycles. The van der Waals surface area contributed by atoms with Crippen LogP contribution in [0.25, 0.3) is 0 Å². The Kier molecular flexibility index (Phi) is 31.2. The van der Waals surface area contributed by atoms with Gasteiger partial charge in [-0.3, -0.25) is 14.2 Å². The lowest BCUT2D eigenvalue weighted by Crippen LogP contribution is -2.37. The maximum absolute atomic E-state index is 12.7. The summed E-state index contributed by atoms with van der Waals surface area (Å²) in [5, 5.41) is 0. The Hall–Kier alpha value is -2.85. The Morgan fingerprint density at radius 2 is 1.23 bits per heavy atom. The first-order valence-corrected chi connectivity index (χ1v) is 22.9. The van der Waals surface area contributed by atoms with Crippen LogP contribution >= 0.6 is 7.82 Å². The number of hydrogen-bond acceptors (Lipinski definition) is 9. The molecule has 3 unspecified atom stereocenters. The highest BCUT2D eigenvalue weighted by atomic mass is 31.2. The topological polar surface area (TPSA) is 124 Å². The molecule has 1 rings (SSSR count). The maximum Gasteiger partial charge on any atom is 0.306 e. The van der Waals surface area contributed by atoms with Crippen LogP contribution in [0.2, 0.25) is 0 Å². The van der Waals surface area contributed by atoms with Crippen LogP contribution in [-0.4, -0.2) is 82.2 Å². The molecule has 0 bridgehead atoms. The molecule has 0 aliphatic carbocycles. The number of epoxide rings is 1. The first-order valence-electron chi connectivity index (χ1n) is 21.4. The van der Waals surface area contributed by atoms with Gasteiger partial charge in [0.25, 0.3) is 7.82 Å². The second-order valence-electron chi connectivity index (χ2n) is 15.4. The quantitative estimate of drug-likeness (QED) is 0.0152. The summed E-state index contributed by atoms with van der Waals surface area (Å²) in [6.45, 7) is 3.93. The average Bonchev–Trinajstić information content (AvgIpc) is 3.91. The molecule has 0 aromatic rings. The molecule has 0 radical (unpaired) electrons. The van der Waals surface area contributed by atoms with Crippen LogP contribution in [0, 0.1) is 0 Å². The molecule has 324 valence electrons. The van der Waals surface area contributed by atoms with Crippen molar-refractivity contribution in [1.29, 1.82) is 0 Å². The highest BCUT2D eigenvalue weighted by Crippen LogP contribution is 2.38. The summed E-state index contributed by atoms with van der Waals surface area (Å²) < 4.78 is 39.5. The van der Waals surface area contributed by atoms with Crippen molar-refractivity contribution in [2.75, 3.05) is 47.5 Å². The van der Waals surface area contributed by atoms with Crippen LogP contribution in [0.5, 0.6) is 0 Å². The van der Waals surface area contributed by atoms with Crippen molar-refractivity contribution < 1.29 is 46.8 Å². The van der Waals surface area contributed by atoms with Gasteiger partial charge in [-0.1, -0.05) is 118 Å². The van der Waals surface area contributed by atoms with E-state index in [1.807, 2.05) is 27.2 Å². The highest BCUT2D eigenvalue weighted by Gasteiger charge is 2.36. The van der Waals surface area contributed by atoms with Gasteiger partial charge in [0.05, 0.1) is 40.0 Å². The standard InChI is InChI=1S/C46H76NO9P/c1-6-8-10-11-12-13-14-15-16-17-18-22-25-28-32-36-45(48)52-40-42(41-54-57(50,51)53-39-38-47(3,4)5)55-46(49)37-33-29-26-23-20-19-21-24-27-31-35-44-43(56-44)34-30-9-7-2/h8,10,12-13,15-16,18-19,21-23,26-27,31,42-44H,6-7,9,11,14,17,20,24-25,28-30,32-41H2,1-5H3/b10-8-,13-12-,16-15-,21-19-,22-18-,26-23-,31-27-/t42-,43?,44?/m1/s1. The van der Waals surface area contributed by atoms with Gasteiger partial charge >= 0.3 is 11.9 Å². The van der Waals surface area contributed by atoms with Gasteiger partial charge in [0.2, 0.25) is 0 Å². The van der Waals surface area contributed by atoms with Gasteiger partial charge < -0.3 is 32.6 Å². The molecule has 10 nitrogen and oxygen atoms in total. The Morgan fingerprint density at radius 1 is 0.667 bits per heavy atom. The van der Waals surface area contributed by atoms with E-state index in [0.29, 0.717) is 42.5 Å².